The van der Waals surface area contributed by atoms with Crippen molar-refractivity contribution < 1.29 is 9.90 Å². The van der Waals surface area contributed by atoms with Gasteiger partial charge in [0.2, 0.25) is 0 Å². The quantitative estimate of drug-likeness (QED) is 0.854. The molecule has 0 bridgehead atoms. The van der Waals surface area contributed by atoms with Crippen molar-refractivity contribution in [1.82, 2.24) is 5.32 Å². The van der Waals surface area contributed by atoms with Crippen molar-refractivity contribution in [3.05, 3.63) is 44.3 Å². The van der Waals surface area contributed by atoms with E-state index in [-0.39, 0.29) is 6.42 Å². The van der Waals surface area contributed by atoms with Crippen LogP contribution in [0.15, 0.2) is 29.6 Å². The van der Waals surface area contributed by atoms with Crippen molar-refractivity contribution >= 4 is 28.6 Å². The first-order valence-electron chi connectivity index (χ1n) is 5.71. The van der Waals surface area contributed by atoms with Gasteiger partial charge in [-0.2, -0.15) is 0 Å². The molecule has 0 spiro atoms. The average molecular weight is 281 g/mol. The summed E-state index contributed by atoms with van der Waals surface area (Å²) in [5.41, 5.74) is 0. The lowest BCUT2D eigenvalue weighted by Crippen LogP contribution is -2.16. The van der Waals surface area contributed by atoms with Gasteiger partial charge in [-0.1, -0.05) is 6.07 Å². The first-order valence-corrected chi connectivity index (χ1v) is 7.41. The first-order chi connectivity index (χ1) is 8.65. The van der Waals surface area contributed by atoms with Crippen LogP contribution >= 0.6 is 22.7 Å². The van der Waals surface area contributed by atoms with Crippen LogP contribution in [0.1, 0.15) is 27.6 Å². The van der Waals surface area contributed by atoms with Crippen molar-refractivity contribution in [1.29, 1.82) is 0 Å². The molecule has 2 aromatic rings. The SMILES string of the molecule is C[C@@H](NCc1ccc(CC(=O)O)s1)c1cccs1. The van der Waals surface area contributed by atoms with Crippen molar-refractivity contribution in [2.75, 3.05) is 0 Å². The van der Waals surface area contributed by atoms with Gasteiger partial charge in [-0.15, -0.1) is 22.7 Å². The molecule has 96 valence electrons. The summed E-state index contributed by atoms with van der Waals surface area (Å²) >= 11 is 3.30. The van der Waals surface area contributed by atoms with E-state index in [0.717, 1.165) is 11.4 Å². The van der Waals surface area contributed by atoms with E-state index in [9.17, 15) is 4.79 Å². The Labute approximate surface area is 114 Å². The van der Waals surface area contributed by atoms with Crippen LogP contribution in [0.3, 0.4) is 0 Å². The van der Waals surface area contributed by atoms with Gasteiger partial charge in [0.15, 0.2) is 0 Å². The van der Waals surface area contributed by atoms with Crippen LogP contribution in [0, 0.1) is 0 Å². The third-order valence-corrected chi connectivity index (χ3v) is 4.74. The smallest absolute Gasteiger partial charge is 0.308 e. The van der Waals surface area contributed by atoms with Gasteiger partial charge < -0.3 is 10.4 Å². The molecule has 1 atom stereocenters. The molecular formula is C13H15NO2S2. The molecule has 0 amide bonds. The fraction of sp³-hybridized carbons (Fsp3) is 0.308. The van der Waals surface area contributed by atoms with Crippen molar-refractivity contribution in [2.45, 2.75) is 25.9 Å². The van der Waals surface area contributed by atoms with Gasteiger partial charge in [-0.25, -0.2) is 0 Å². The Hall–Kier alpha value is -1.17. The van der Waals surface area contributed by atoms with Crippen LogP contribution < -0.4 is 5.32 Å². The summed E-state index contributed by atoms with van der Waals surface area (Å²) in [6.07, 6.45) is 0.116. The van der Waals surface area contributed by atoms with E-state index in [2.05, 4.69) is 23.7 Å². The van der Waals surface area contributed by atoms with Gasteiger partial charge in [0.25, 0.3) is 0 Å². The Bertz CT molecular complexity index is 505. The maximum atomic E-state index is 10.6. The van der Waals surface area contributed by atoms with Gasteiger partial charge in [0.05, 0.1) is 6.42 Å². The molecule has 0 aromatic carbocycles. The van der Waals surface area contributed by atoms with E-state index in [4.69, 9.17) is 5.11 Å². The highest BCUT2D eigenvalue weighted by Crippen LogP contribution is 2.21. The number of nitrogens with one attached hydrogen (secondary N) is 1. The Balaban J connectivity index is 1.86. The molecular weight excluding hydrogens is 266 g/mol. The number of hydrogen-bond donors (Lipinski definition) is 2. The minimum atomic E-state index is -0.775. The highest BCUT2D eigenvalue weighted by atomic mass is 32.1. The molecule has 5 heteroatoms. The van der Waals surface area contributed by atoms with E-state index in [1.165, 1.54) is 9.75 Å². The molecule has 0 aliphatic carbocycles. The fourth-order valence-electron chi connectivity index (χ4n) is 1.65. The maximum absolute atomic E-state index is 10.6. The van der Waals surface area contributed by atoms with E-state index in [1.54, 1.807) is 22.7 Å². The van der Waals surface area contributed by atoms with Crippen LogP contribution in [-0.2, 0) is 17.8 Å². The largest absolute Gasteiger partial charge is 0.481 e. The number of carbonyl (C=O) groups is 1. The lowest BCUT2D eigenvalue weighted by atomic mass is 10.2. The first kappa shape index (κ1) is 13.3. The van der Waals surface area contributed by atoms with E-state index < -0.39 is 5.97 Å². The normalized spacial score (nSPS) is 12.5. The summed E-state index contributed by atoms with van der Waals surface area (Å²) in [4.78, 5) is 14.0. The average Bonchev–Trinajstić information content (AvgIpc) is 2.95. The number of hydrogen-bond acceptors (Lipinski definition) is 4. The number of carboxylic acid groups (broad SMARTS) is 1. The molecule has 0 unspecified atom stereocenters. The molecule has 0 aliphatic rings. The van der Waals surface area contributed by atoms with Crippen molar-refractivity contribution in [2.24, 2.45) is 0 Å². The second kappa shape index (κ2) is 6.13. The lowest BCUT2D eigenvalue weighted by Gasteiger charge is -2.10. The van der Waals surface area contributed by atoms with Crippen LogP contribution in [0.2, 0.25) is 0 Å². The number of aliphatic carboxylic acids is 1. The Morgan fingerprint density at radius 3 is 2.83 bits per heavy atom. The molecule has 2 rings (SSSR count). The van der Waals surface area contributed by atoms with Gasteiger partial charge in [0.1, 0.15) is 0 Å². The standard InChI is InChI=1S/C13H15NO2S2/c1-9(12-3-2-6-17-12)14-8-11-5-4-10(18-11)7-13(15)16/h2-6,9,14H,7-8H2,1H3,(H,15,16)/t9-/m1/s1. The summed E-state index contributed by atoms with van der Waals surface area (Å²) in [7, 11) is 0. The van der Waals surface area contributed by atoms with E-state index in [0.29, 0.717) is 6.04 Å². The van der Waals surface area contributed by atoms with Gasteiger partial charge in [-0.3, -0.25) is 4.79 Å². The lowest BCUT2D eigenvalue weighted by molar-refractivity contribution is -0.136. The van der Waals surface area contributed by atoms with E-state index >= 15 is 0 Å². The molecule has 0 fully saturated rings. The van der Waals surface area contributed by atoms with Crippen LogP contribution in [0.25, 0.3) is 0 Å². The molecule has 2 aromatic heterocycles. The fourth-order valence-corrected chi connectivity index (χ4v) is 3.37. The summed E-state index contributed by atoms with van der Waals surface area (Å²) < 4.78 is 0. The summed E-state index contributed by atoms with van der Waals surface area (Å²) in [5.74, 6) is -0.775. The Morgan fingerprint density at radius 2 is 2.17 bits per heavy atom. The molecule has 2 N–H and O–H groups in total. The van der Waals surface area contributed by atoms with Crippen molar-refractivity contribution in [3.8, 4) is 0 Å². The number of carboxylic acids is 1. The molecule has 0 aliphatic heterocycles. The zero-order chi connectivity index (χ0) is 13.0. The van der Waals surface area contributed by atoms with Crippen LogP contribution in [-0.4, -0.2) is 11.1 Å². The third kappa shape index (κ3) is 3.66. The highest BCUT2D eigenvalue weighted by molar-refractivity contribution is 7.12. The van der Waals surface area contributed by atoms with Crippen LogP contribution in [0.4, 0.5) is 0 Å². The molecule has 2 heterocycles. The Morgan fingerprint density at radius 1 is 1.39 bits per heavy atom. The maximum Gasteiger partial charge on any atom is 0.308 e. The predicted octanol–water partition coefficient (Wildman–Crippen LogP) is 3.29. The minimum Gasteiger partial charge on any atom is -0.481 e. The topological polar surface area (TPSA) is 49.3 Å². The second-order valence-electron chi connectivity index (χ2n) is 4.06. The van der Waals surface area contributed by atoms with Crippen molar-refractivity contribution in [3.63, 3.8) is 0 Å². The highest BCUT2D eigenvalue weighted by Gasteiger charge is 2.08. The Kier molecular flexibility index (Phi) is 4.52. The molecule has 0 saturated carbocycles. The minimum absolute atomic E-state index is 0.116. The van der Waals surface area contributed by atoms with Gasteiger partial charge >= 0.3 is 5.97 Å². The second-order valence-corrected chi connectivity index (χ2v) is 6.29. The van der Waals surface area contributed by atoms with E-state index in [1.807, 2.05) is 18.2 Å². The number of thiophene rings is 2. The molecule has 18 heavy (non-hydrogen) atoms. The number of rotatable bonds is 6. The van der Waals surface area contributed by atoms with Gasteiger partial charge in [0, 0.05) is 27.2 Å². The zero-order valence-corrected chi connectivity index (χ0v) is 11.7. The summed E-state index contributed by atoms with van der Waals surface area (Å²) in [6, 6.07) is 8.39. The third-order valence-electron chi connectivity index (χ3n) is 2.60. The molecule has 0 saturated heterocycles. The summed E-state index contributed by atoms with van der Waals surface area (Å²) in [6.45, 7) is 2.92. The monoisotopic (exact) mass is 281 g/mol. The predicted molar refractivity (Wildman–Crippen MR) is 75.2 cm³/mol. The zero-order valence-electron chi connectivity index (χ0n) is 10.1. The van der Waals surface area contributed by atoms with Gasteiger partial charge in [-0.05, 0) is 30.5 Å². The molecule has 3 nitrogen and oxygen atoms in total. The molecule has 0 radical (unpaired) electrons. The van der Waals surface area contributed by atoms with Crippen LogP contribution in [0.5, 0.6) is 0 Å². The summed E-state index contributed by atoms with van der Waals surface area (Å²) in [5, 5.41) is 14.2.